The molecule has 10 heteroatoms. The third-order valence-electron chi connectivity index (χ3n) is 4.50. The lowest BCUT2D eigenvalue weighted by molar-refractivity contribution is -0.125. The van der Waals surface area contributed by atoms with Crippen molar-refractivity contribution in [1.29, 1.82) is 0 Å². The molecule has 2 aromatic carbocycles. The van der Waals surface area contributed by atoms with Crippen molar-refractivity contribution in [3.63, 3.8) is 0 Å². The van der Waals surface area contributed by atoms with Gasteiger partial charge >= 0.3 is 5.97 Å². The zero-order valence-electron chi connectivity index (χ0n) is 16.8. The van der Waals surface area contributed by atoms with Gasteiger partial charge in [0.2, 0.25) is 0 Å². The minimum Gasteiger partial charge on any atom is -0.451 e. The standard InChI is InChI=1S/C22H17FN4O4S/c1-13-17-11-18(32-21(17)27(26-13)16-9-7-15(23)8-10-16)22(30)31-12-19(28)24-25-20(29)14-5-3-2-4-6-14/h2-11H,12H2,1H3,(H,24,28)(H,25,29). The minimum atomic E-state index is -0.683. The first-order valence-corrected chi connectivity index (χ1v) is 10.3. The number of amides is 2. The maximum absolute atomic E-state index is 13.2. The van der Waals surface area contributed by atoms with E-state index in [0.29, 0.717) is 21.8 Å². The van der Waals surface area contributed by atoms with E-state index in [0.717, 1.165) is 16.7 Å². The molecule has 0 unspecified atom stereocenters. The van der Waals surface area contributed by atoms with E-state index in [1.165, 1.54) is 12.1 Å². The molecule has 0 aliphatic heterocycles. The van der Waals surface area contributed by atoms with Crippen molar-refractivity contribution >= 4 is 39.3 Å². The molecule has 2 N–H and O–H groups in total. The number of hydrogen-bond donors (Lipinski definition) is 2. The molecule has 162 valence electrons. The van der Waals surface area contributed by atoms with Crippen LogP contribution >= 0.6 is 11.3 Å². The molecule has 0 aliphatic rings. The molecule has 4 aromatic rings. The van der Waals surface area contributed by atoms with Crippen LogP contribution in [0.1, 0.15) is 25.7 Å². The molecule has 0 saturated heterocycles. The van der Waals surface area contributed by atoms with Gasteiger partial charge in [-0.15, -0.1) is 11.3 Å². The minimum absolute atomic E-state index is 0.289. The maximum Gasteiger partial charge on any atom is 0.348 e. The lowest BCUT2D eigenvalue weighted by Gasteiger charge is -2.07. The van der Waals surface area contributed by atoms with Crippen LogP contribution in [-0.2, 0) is 9.53 Å². The van der Waals surface area contributed by atoms with Crippen LogP contribution in [-0.4, -0.2) is 34.2 Å². The number of aromatic nitrogens is 2. The highest BCUT2D eigenvalue weighted by atomic mass is 32.1. The van der Waals surface area contributed by atoms with Gasteiger partial charge in [0.05, 0.1) is 11.4 Å². The lowest BCUT2D eigenvalue weighted by Crippen LogP contribution is -2.43. The highest BCUT2D eigenvalue weighted by Gasteiger charge is 2.19. The van der Waals surface area contributed by atoms with Crippen LogP contribution in [0, 0.1) is 12.7 Å². The number of carbonyl (C=O) groups is 3. The summed E-state index contributed by atoms with van der Waals surface area (Å²) in [5.41, 5.74) is 6.17. The normalized spacial score (nSPS) is 10.7. The molecule has 0 radical (unpaired) electrons. The molecule has 0 saturated carbocycles. The molecule has 0 aliphatic carbocycles. The van der Waals surface area contributed by atoms with Gasteiger partial charge in [-0.3, -0.25) is 20.4 Å². The predicted octanol–water partition coefficient (Wildman–Crippen LogP) is 3.15. The molecule has 2 aromatic heterocycles. The number of thiophene rings is 1. The molecule has 0 bridgehead atoms. The molecular weight excluding hydrogens is 435 g/mol. The Bertz CT molecular complexity index is 1300. The topological polar surface area (TPSA) is 102 Å². The van der Waals surface area contributed by atoms with Gasteiger partial charge in [-0.1, -0.05) is 18.2 Å². The van der Waals surface area contributed by atoms with Crippen molar-refractivity contribution in [3.8, 4) is 5.69 Å². The number of aryl methyl sites for hydroxylation is 1. The Morgan fingerprint density at radius 3 is 2.50 bits per heavy atom. The Kier molecular flexibility index (Phi) is 5.95. The number of rotatable bonds is 5. The van der Waals surface area contributed by atoms with Gasteiger partial charge in [0.1, 0.15) is 15.5 Å². The van der Waals surface area contributed by atoms with Crippen LogP contribution in [0.25, 0.3) is 15.9 Å². The van der Waals surface area contributed by atoms with Crippen LogP contribution in [0.15, 0.2) is 60.7 Å². The molecule has 0 fully saturated rings. The molecule has 32 heavy (non-hydrogen) atoms. The van der Waals surface area contributed by atoms with Crippen molar-refractivity contribution in [2.75, 3.05) is 6.61 Å². The number of fused-ring (bicyclic) bond motifs is 1. The van der Waals surface area contributed by atoms with Crippen molar-refractivity contribution in [2.45, 2.75) is 6.92 Å². The summed E-state index contributed by atoms with van der Waals surface area (Å²) in [6.07, 6.45) is 0. The number of hydrogen-bond acceptors (Lipinski definition) is 6. The molecular formula is C22H17FN4O4S. The number of benzene rings is 2. The van der Waals surface area contributed by atoms with E-state index >= 15 is 0 Å². The van der Waals surface area contributed by atoms with E-state index in [1.807, 2.05) is 0 Å². The fraction of sp³-hybridized carbons (Fsp3) is 0.0909. The van der Waals surface area contributed by atoms with Crippen LogP contribution in [0.5, 0.6) is 0 Å². The Hall–Kier alpha value is -4.05. The van der Waals surface area contributed by atoms with Crippen LogP contribution in [0.4, 0.5) is 4.39 Å². The quantitative estimate of drug-likeness (QED) is 0.358. The van der Waals surface area contributed by atoms with Crippen LogP contribution in [0.2, 0.25) is 0 Å². The smallest absolute Gasteiger partial charge is 0.348 e. The summed E-state index contributed by atoms with van der Waals surface area (Å²) < 4.78 is 19.9. The zero-order chi connectivity index (χ0) is 22.7. The van der Waals surface area contributed by atoms with Crippen molar-refractivity contribution in [3.05, 3.63) is 82.6 Å². The van der Waals surface area contributed by atoms with E-state index in [-0.39, 0.29) is 10.7 Å². The van der Waals surface area contributed by atoms with Gasteiger partial charge in [-0.2, -0.15) is 5.10 Å². The first-order valence-electron chi connectivity index (χ1n) is 9.49. The van der Waals surface area contributed by atoms with E-state index in [2.05, 4.69) is 16.0 Å². The average molecular weight is 452 g/mol. The number of ether oxygens (including phenoxy) is 1. The summed E-state index contributed by atoms with van der Waals surface area (Å²) in [6, 6.07) is 15.8. The van der Waals surface area contributed by atoms with Gasteiger partial charge in [-0.25, -0.2) is 13.9 Å². The number of hydrazine groups is 1. The van der Waals surface area contributed by atoms with Gasteiger partial charge < -0.3 is 4.74 Å². The summed E-state index contributed by atoms with van der Waals surface area (Å²) in [5.74, 6) is -2.21. The Balaban J connectivity index is 1.38. The van der Waals surface area contributed by atoms with E-state index in [1.54, 1.807) is 60.1 Å². The third kappa shape index (κ3) is 4.49. The van der Waals surface area contributed by atoms with E-state index in [4.69, 9.17) is 4.74 Å². The van der Waals surface area contributed by atoms with Gasteiger partial charge in [0.25, 0.3) is 11.8 Å². The number of carbonyl (C=O) groups excluding carboxylic acids is 3. The lowest BCUT2D eigenvalue weighted by atomic mass is 10.2. The Labute approximate surface area is 185 Å². The van der Waals surface area contributed by atoms with E-state index in [9.17, 15) is 18.8 Å². The Morgan fingerprint density at radius 1 is 1.06 bits per heavy atom. The molecule has 0 spiro atoms. The molecule has 8 nitrogen and oxygen atoms in total. The van der Waals surface area contributed by atoms with Crippen LogP contribution < -0.4 is 10.9 Å². The summed E-state index contributed by atoms with van der Waals surface area (Å²) in [4.78, 5) is 37.2. The first-order chi connectivity index (χ1) is 15.4. The number of halogens is 1. The number of nitrogens with zero attached hydrogens (tertiary/aromatic N) is 2. The maximum atomic E-state index is 13.2. The molecule has 0 atom stereocenters. The monoisotopic (exact) mass is 452 g/mol. The van der Waals surface area contributed by atoms with E-state index < -0.39 is 24.4 Å². The summed E-state index contributed by atoms with van der Waals surface area (Å²) in [6.45, 7) is 1.23. The molecule has 4 rings (SSSR count). The molecule has 2 amide bonds. The van der Waals surface area contributed by atoms with Crippen LogP contribution in [0.3, 0.4) is 0 Å². The highest BCUT2D eigenvalue weighted by Crippen LogP contribution is 2.30. The average Bonchev–Trinajstić information content (AvgIpc) is 3.37. The van der Waals surface area contributed by atoms with Gasteiger partial charge in [0.15, 0.2) is 6.61 Å². The Morgan fingerprint density at radius 2 is 1.78 bits per heavy atom. The second-order valence-electron chi connectivity index (χ2n) is 6.75. The first kappa shape index (κ1) is 21.2. The second kappa shape index (κ2) is 8.98. The van der Waals surface area contributed by atoms with Crippen molar-refractivity contribution < 1.29 is 23.5 Å². The number of nitrogens with one attached hydrogen (secondary N) is 2. The zero-order valence-corrected chi connectivity index (χ0v) is 17.6. The number of esters is 1. The SMILES string of the molecule is Cc1nn(-c2ccc(F)cc2)c2sc(C(=O)OCC(=O)NNC(=O)c3ccccc3)cc12. The summed E-state index contributed by atoms with van der Waals surface area (Å²) in [5, 5.41) is 5.19. The van der Waals surface area contributed by atoms with Gasteiger partial charge in [0, 0.05) is 10.9 Å². The third-order valence-corrected chi connectivity index (χ3v) is 5.59. The second-order valence-corrected chi connectivity index (χ2v) is 7.78. The van der Waals surface area contributed by atoms with Gasteiger partial charge in [-0.05, 0) is 49.4 Å². The largest absolute Gasteiger partial charge is 0.451 e. The highest BCUT2D eigenvalue weighted by molar-refractivity contribution is 7.20. The summed E-state index contributed by atoms with van der Waals surface area (Å²) in [7, 11) is 0. The fourth-order valence-corrected chi connectivity index (χ4v) is 4.01. The van der Waals surface area contributed by atoms with Crippen molar-refractivity contribution in [2.24, 2.45) is 0 Å². The summed E-state index contributed by atoms with van der Waals surface area (Å²) >= 11 is 1.15. The fourth-order valence-electron chi connectivity index (χ4n) is 2.93. The molecule has 2 heterocycles. The predicted molar refractivity (Wildman–Crippen MR) is 116 cm³/mol. The van der Waals surface area contributed by atoms with Crippen molar-refractivity contribution in [1.82, 2.24) is 20.6 Å².